The molecule has 0 saturated carbocycles. The second-order valence-electron chi connectivity index (χ2n) is 6.90. The van der Waals surface area contributed by atoms with E-state index < -0.39 is 12.0 Å². The number of amides is 2. The van der Waals surface area contributed by atoms with Gasteiger partial charge in [-0.15, -0.1) is 0 Å². The summed E-state index contributed by atoms with van der Waals surface area (Å²) in [5.74, 6) is -1.04. The minimum absolute atomic E-state index is 0.0636. The first-order chi connectivity index (χ1) is 10.3. The fourth-order valence-electron chi connectivity index (χ4n) is 3.06. The molecule has 2 saturated heterocycles. The molecule has 2 heterocycles. The molecule has 0 aromatic rings. The second kappa shape index (κ2) is 6.64. The van der Waals surface area contributed by atoms with Gasteiger partial charge < -0.3 is 20.7 Å². The summed E-state index contributed by atoms with van der Waals surface area (Å²) >= 11 is 0. The molecule has 0 bridgehead atoms. The Hall–Kier alpha value is -1.63. The van der Waals surface area contributed by atoms with Gasteiger partial charge in [0.1, 0.15) is 6.04 Å². The third-order valence-electron chi connectivity index (χ3n) is 4.39. The van der Waals surface area contributed by atoms with Crippen LogP contribution in [0.1, 0.15) is 33.1 Å². The lowest BCUT2D eigenvalue weighted by molar-refractivity contribution is -0.146. The highest BCUT2D eigenvalue weighted by molar-refractivity contribution is 5.88. The highest BCUT2D eigenvalue weighted by atomic mass is 16.5. The van der Waals surface area contributed by atoms with Crippen LogP contribution in [0.15, 0.2) is 0 Å². The van der Waals surface area contributed by atoms with E-state index in [1.54, 1.807) is 0 Å². The molecular formula is C15H25N3O4. The fraction of sp³-hybridized carbons (Fsp3) is 0.800. The lowest BCUT2D eigenvalue weighted by Crippen LogP contribution is -2.49. The quantitative estimate of drug-likeness (QED) is 0.598. The molecule has 3 N–H and O–H groups in total. The number of methoxy groups -OCH3 is 1. The van der Waals surface area contributed by atoms with Gasteiger partial charge in [0.25, 0.3) is 0 Å². The predicted molar refractivity (Wildman–Crippen MR) is 79.9 cm³/mol. The van der Waals surface area contributed by atoms with E-state index in [2.05, 4.69) is 29.8 Å². The van der Waals surface area contributed by atoms with Gasteiger partial charge in [-0.25, -0.2) is 4.79 Å². The van der Waals surface area contributed by atoms with E-state index in [4.69, 9.17) is 4.74 Å². The summed E-state index contributed by atoms with van der Waals surface area (Å²) in [6.07, 6.45) is 1.67. The summed E-state index contributed by atoms with van der Waals surface area (Å²) in [4.78, 5) is 35.9. The molecule has 0 aromatic carbocycles. The van der Waals surface area contributed by atoms with Gasteiger partial charge >= 0.3 is 5.97 Å². The number of esters is 1. The molecular weight excluding hydrogens is 286 g/mol. The van der Waals surface area contributed by atoms with Crippen LogP contribution in [-0.2, 0) is 19.1 Å². The predicted octanol–water partition coefficient (Wildman–Crippen LogP) is -0.441. The maximum Gasteiger partial charge on any atom is 0.328 e. The molecule has 2 rings (SSSR count). The van der Waals surface area contributed by atoms with Gasteiger partial charge in [-0.3, -0.25) is 9.59 Å². The summed E-state index contributed by atoms with van der Waals surface area (Å²) in [5.41, 5.74) is 0.0636. The Morgan fingerprint density at radius 1 is 1.45 bits per heavy atom. The number of hydrogen-bond acceptors (Lipinski definition) is 5. The lowest BCUT2D eigenvalue weighted by Gasteiger charge is -2.21. The van der Waals surface area contributed by atoms with Crippen molar-refractivity contribution in [3.63, 3.8) is 0 Å². The number of carbonyl (C=O) groups excluding carboxylic acids is 3. The second-order valence-corrected chi connectivity index (χ2v) is 6.90. The Kier molecular flexibility index (Phi) is 5.05. The maximum absolute atomic E-state index is 12.3. The van der Waals surface area contributed by atoms with Crippen molar-refractivity contribution in [2.75, 3.05) is 20.2 Å². The largest absolute Gasteiger partial charge is 0.467 e. The van der Waals surface area contributed by atoms with Crippen LogP contribution < -0.4 is 16.0 Å². The van der Waals surface area contributed by atoms with Crippen LogP contribution >= 0.6 is 0 Å². The summed E-state index contributed by atoms with van der Waals surface area (Å²) in [6.45, 7) is 5.56. The van der Waals surface area contributed by atoms with E-state index in [1.165, 1.54) is 7.11 Å². The van der Waals surface area contributed by atoms with E-state index in [9.17, 15) is 14.4 Å². The Morgan fingerprint density at radius 2 is 2.18 bits per heavy atom. The van der Waals surface area contributed by atoms with E-state index in [-0.39, 0.29) is 35.6 Å². The number of ether oxygens (including phenoxy) is 1. The van der Waals surface area contributed by atoms with Gasteiger partial charge in [-0.1, -0.05) is 13.8 Å². The van der Waals surface area contributed by atoms with Crippen molar-refractivity contribution in [2.45, 2.75) is 45.2 Å². The molecule has 0 radical (unpaired) electrons. The molecule has 2 aliphatic heterocycles. The van der Waals surface area contributed by atoms with E-state index in [0.717, 1.165) is 13.0 Å². The first-order valence-electron chi connectivity index (χ1n) is 7.72. The van der Waals surface area contributed by atoms with Crippen molar-refractivity contribution in [3.05, 3.63) is 0 Å². The standard InChI is InChI=1S/C15H25N3O4/c1-15(2)7-11(17-8-15)13(20)18-10(14(21)22-3)6-9-4-5-16-12(9)19/h9-11,17H,4-8H2,1-3H3,(H,16,19)(H,18,20)/t9-,10-,11-/m0/s1. The first-order valence-corrected chi connectivity index (χ1v) is 7.72. The van der Waals surface area contributed by atoms with Gasteiger partial charge in [-0.05, 0) is 24.7 Å². The maximum atomic E-state index is 12.3. The van der Waals surface area contributed by atoms with Gasteiger partial charge in [0, 0.05) is 19.0 Å². The third kappa shape index (κ3) is 3.97. The minimum atomic E-state index is -0.781. The van der Waals surface area contributed by atoms with Crippen molar-refractivity contribution < 1.29 is 19.1 Å². The first kappa shape index (κ1) is 16.7. The molecule has 124 valence electrons. The SMILES string of the molecule is COC(=O)[C@H](C[C@@H]1CCNC1=O)NC(=O)[C@@H]1CC(C)(C)CN1. The van der Waals surface area contributed by atoms with Crippen molar-refractivity contribution in [1.82, 2.24) is 16.0 Å². The molecule has 0 aliphatic carbocycles. The van der Waals surface area contributed by atoms with Gasteiger partial charge in [0.05, 0.1) is 13.2 Å². The number of nitrogens with one attached hydrogen (secondary N) is 3. The molecule has 2 fully saturated rings. The highest BCUT2D eigenvalue weighted by Gasteiger charge is 2.37. The van der Waals surface area contributed by atoms with E-state index in [0.29, 0.717) is 13.0 Å². The lowest BCUT2D eigenvalue weighted by atomic mass is 9.90. The van der Waals surface area contributed by atoms with Crippen LogP contribution in [0.2, 0.25) is 0 Å². The number of carbonyl (C=O) groups is 3. The van der Waals surface area contributed by atoms with Crippen molar-refractivity contribution >= 4 is 17.8 Å². The van der Waals surface area contributed by atoms with Crippen molar-refractivity contribution in [3.8, 4) is 0 Å². The van der Waals surface area contributed by atoms with E-state index >= 15 is 0 Å². The Labute approximate surface area is 130 Å². The molecule has 7 nitrogen and oxygen atoms in total. The fourth-order valence-corrected chi connectivity index (χ4v) is 3.06. The van der Waals surface area contributed by atoms with Gasteiger partial charge in [-0.2, -0.15) is 0 Å². The smallest absolute Gasteiger partial charge is 0.328 e. The normalized spacial score (nSPS) is 28.0. The van der Waals surface area contributed by atoms with Crippen LogP contribution in [0.3, 0.4) is 0 Å². The molecule has 7 heteroatoms. The molecule has 2 aliphatic rings. The van der Waals surface area contributed by atoms with Crippen molar-refractivity contribution in [1.29, 1.82) is 0 Å². The Morgan fingerprint density at radius 3 is 2.68 bits per heavy atom. The van der Waals surface area contributed by atoms with E-state index in [1.807, 2.05) is 0 Å². The Bertz CT molecular complexity index is 464. The average Bonchev–Trinajstić information content (AvgIpc) is 3.03. The molecule has 0 unspecified atom stereocenters. The Balaban J connectivity index is 1.96. The monoisotopic (exact) mass is 311 g/mol. The number of rotatable bonds is 5. The average molecular weight is 311 g/mol. The van der Waals surface area contributed by atoms with Crippen LogP contribution in [0, 0.1) is 11.3 Å². The van der Waals surface area contributed by atoms with Crippen LogP contribution in [0.25, 0.3) is 0 Å². The summed E-state index contributed by atoms with van der Waals surface area (Å²) in [5, 5.41) is 8.64. The zero-order valence-corrected chi connectivity index (χ0v) is 13.4. The molecule has 3 atom stereocenters. The zero-order valence-electron chi connectivity index (χ0n) is 13.4. The van der Waals surface area contributed by atoms with Crippen LogP contribution in [0.4, 0.5) is 0 Å². The third-order valence-corrected chi connectivity index (χ3v) is 4.39. The summed E-state index contributed by atoms with van der Waals surface area (Å²) < 4.78 is 4.76. The minimum Gasteiger partial charge on any atom is -0.467 e. The zero-order chi connectivity index (χ0) is 16.3. The molecule has 0 aromatic heterocycles. The van der Waals surface area contributed by atoms with Crippen LogP contribution in [0.5, 0.6) is 0 Å². The van der Waals surface area contributed by atoms with Crippen LogP contribution in [-0.4, -0.2) is 50.1 Å². The number of hydrogen-bond donors (Lipinski definition) is 3. The topological polar surface area (TPSA) is 96.5 Å². The summed E-state index contributed by atoms with van der Waals surface area (Å²) in [6, 6.07) is -1.09. The molecule has 22 heavy (non-hydrogen) atoms. The van der Waals surface area contributed by atoms with Crippen molar-refractivity contribution in [2.24, 2.45) is 11.3 Å². The van der Waals surface area contributed by atoms with Gasteiger partial charge in [0.15, 0.2) is 0 Å². The van der Waals surface area contributed by atoms with Gasteiger partial charge in [0.2, 0.25) is 11.8 Å². The molecule has 2 amide bonds. The molecule has 0 spiro atoms. The highest BCUT2D eigenvalue weighted by Crippen LogP contribution is 2.27. The summed E-state index contributed by atoms with van der Waals surface area (Å²) in [7, 11) is 1.28.